The van der Waals surface area contributed by atoms with E-state index in [0.29, 0.717) is 16.5 Å². The lowest BCUT2D eigenvalue weighted by Gasteiger charge is -2.12. The van der Waals surface area contributed by atoms with Crippen LogP contribution >= 0.6 is 23.8 Å². The number of nitrogens with one attached hydrogen (secondary N) is 2. The third-order valence-corrected chi connectivity index (χ3v) is 4.55. The van der Waals surface area contributed by atoms with Crippen molar-refractivity contribution in [2.24, 2.45) is 5.10 Å². The van der Waals surface area contributed by atoms with Gasteiger partial charge in [0.25, 0.3) is 0 Å². The number of carbonyl (C=O) groups is 1. The molecule has 0 fully saturated rings. The summed E-state index contributed by atoms with van der Waals surface area (Å²) in [5, 5.41) is 17.0. The van der Waals surface area contributed by atoms with Gasteiger partial charge in [-0.05, 0) is 54.2 Å². The van der Waals surface area contributed by atoms with E-state index in [-0.39, 0.29) is 10.7 Å². The monoisotopic (exact) mass is 439 g/mol. The molecule has 0 unspecified atom stereocenters. The fourth-order valence-electron chi connectivity index (χ4n) is 2.82. The summed E-state index contributed by atoms with van der Waals surface area (Å²) in [6.45, 7) is 0. The van der Waals surface area contributed by atoms with Crippen LogP contribution in [0.25, 0.3) is 11.1 Å². The Labute approximate surface area is 184 Å². The van der Waals surface area contributed by atoms with Gasteiger partial charge in [-0.1, -0.05) is 41.9 Å². The number of carboxylic acids is 1. The lowest BCUT2D eigenvalue weighted by molar-refractivity contribution is 0.0697. The van der Waals surface area contributed by atoms with Crippen molar-refractivity contribution < 1.29 is 14.6 Å². The van der Waals surface area contributed by atoms with Crippen molar-refractivity contribution in [3.05, 3.63) is 82.9 Å². The molecule has 30 heavy (non-hydrogen) atoms. The van der Waals surface area contributed by atoms with Gasteiger partial charge in [-0.2, -0.15) is 5.10 Å². The second kappa shape index (κ2) is 9.87. The summed E-state index contributed by atoms with van der Waals surface area (Å²) in [6, 6.07) is 19.5. The Balaban J connectivity index is 1.73. The maximum Gasteiger partial charge on any atom is 0.335 e. The van der Waals surface area contributed by atoms with Gasteiger partial charge in [-0.15, -0.1) is 0 Å². The van der Waals surface area contributed by atoms with Gasteiger partial charge in [-0.25, -0.2) is 4.79 Å². The number of para-hydroxylation sites is 1. The molecule has 0 radical (unpaired) electrons. The normalized spacial score (nSPS) is 10.6. The molecule has 0 saturated carbocycles. The predicted molar refractivity (Wildman–Crippen MR) is 124 cm³/mol. The number of hydrazone groups is 1. The third kappa shape index (κ3) is 5.34. The SMILES string of the molecule is COc1c(/C=N/NC(=S)Nc2cccc(C(=O)O)c2)cccc1-c1cccc(Cl)c1. The number of halogens is 1. The zero-order valence-corrected chi connectivity index (χ0v) is 17.5. The molecule has 0 heterocycles. The lowest BCUT2D eigenvalue weighted by Crippen LogP contribution is -2.24. The standard InChI is InChI=1S/C22H18ClN3O3S/c1-29-20-16(7-4-10-19(20)14-5-2-8-17(23)11-14)13-24-26-22(30)25-18-9-3-6-15(12-18)21(27)28/h2-13H,1H3,(H,27,28)(H2,25,26,30)/b24-13+. The van der Waals surface area contributed by atoms with E-state index in [1.807, 2.05) is 42.5 Å². The molecular weight excluding hydrogens is 422 g/mol. The second-order valence-electron chi connectivity index (χ2n) is 6.15. The lowest BCUT2D eigenvalue weighted by atomic mass is 10.0. The van der Waals surface area contributed by atoms with Crippen LogP contribution in [0.3, 0.4) is 0 Å². The molecule has 6 nitrogen and oxygen atoms in total. The third-order valence-electron chi connectivity index (χ3n) is 4.12. The molecule has 0 spiro atoms. The first-order valence-electron chi connectivity index (χ1n) is 8.84. The highest BCUT2D eigenvalue weighted by Gasteiger charge is 2.10. The number of nitrogens with zero attached hydrogens (tertiary/aromatic N) is 1. The minimum absolute atomic E-state index is 0.161. The predicted octanol–water partition coefficient (Wildman–Crippen LogP) is 5.03. The van der Waals surface area contributed by atoms with Gasteiger partial charge in [0.15, 0.2) is 5.11 Å². The second-order valence-corrected chi connectivity index (χ2v) is 6.99. The van der Waals surface area contributed by atoms with Gasteiger partial charge in [0.2, 0.25) is 0 Å². The summed E-state index contributed by atoms with van der Waals surface area (Å²) in [6.07, 6.45) is 1.59. The molecule has 0 aromatic heterocycles. The average Bonchev–Trinajstić information content (AvgIpc) is 2.73. The molecule has 8 heteroatoms. The number of methoxy groups -OCH3 is 1. The summed E-state index contributed by atoms with van der Waals surface area (Å²) < 4.78 is 5.59. The van der Waals surface area contributed by atoms with Crippen molar-refractivity contribution in [2.75, 3.05) is 12.4 Å². The number of anilines is 1. The van der Waals surface area contributed by atoms with Crippen molar-refractivity contribution in [1.82, 2.24) is 5.43 Å². The van der Waals surface area contributed by atoms with Crippen molar-refractivity contribution >= 4 is 46.8 Å². The van der Waals surface area contributed by atoms with Crippen molar-refractivity contribution in [3.63, 3.8) is 0 Å². The summed E-state index contributed by atoms with van der Waals surface area (Å²) in [7, 11) is 1.59. The quantitative estimate of drug-likeness (QED) is 0.284. The average molecular weight is 440 g/mol. The number of carboxylic acid groups (broad SMARTS) is 1. The molecule has 0 saturated heterocycles. The number of hydrogen-bond donors (Lipinski definition) is 3. The number of ether oxygens (including phenoxy) is 1. The van der Waals surface area contributed by atoms with Crippen LogP contribution in [0.5, 0.6) is 5.75 Å². The Bertz CT molecular complexity index is 1120. The minimum atomic E-state index is -1.01. The van der Waals surface area contributed by atoms with Crippen LogP contribution in [0.4, 0.5) is 5.69 Å². The first kappa shape index (κ1) is 21.3. The number of benzene rings is 3. The van der Waals surface area contributed by atoms with Crippen LogP contribution in [-0.2, 0) is 0 Å². The maximum atomic E-state index is 11.1. The van der Waals surface area contributed by atoms with Crippen LogP contribution in [0.2, 0.25) is 5.02 Å². The summed E-state index contributed by atoms with van der Waals surface area (Å²) >= 11 is 11.3. The Morgan fingerprint density at radius 2 is 1.90 bits per heavy atom. The maximum absolute atomic E-state index is 11.1. The zero-order chi connectivity index (χ0) is 21.5. The number of hydrogen-bond acceptors (Lipinski definition) is 4. The van der Waals surface area contributed by atoms with Crippen LogP contribution in [0.15, 0.2) is 71.8 Å². The molecule has 3 aromatic carbocycles. The van der Waals surface area contributed by atoms with E-state index in [9.17, 15) is 4.79 Å². The largest absolute Gasteiger partial charge is 0.495 e. The highest BCUT2D eigenvalue weighted by atomic mass is 35.5. The summed E-state index contributed by atoms with van der Waals surface area (Å²) in [5.41, 5.74) is 5.98. The number of thiocarbonyl (C=S) groups is 1. The van der Waals surface area contributed by atoms with E-state index in [1.54, 1.807) is 25.5 Å². The van der Waals surface area contributed by atoms with Crippen molar-refractivity contribution in [3.8, 4) is 16.9 Å². The molecule has 0 aliphatic heterocycles. The Morgan fingerprint density at radius 3 is 2.63 bits per heavy atom. The van der Waals surface area contributed by atoms with Gasteiger partial charge in [0.05, 0.1) is 18.9 Å². The molecule has 0 bridgehead atoms. The van der Waals surface area contributed by atoms with Gasteiger partial charge >= 0.3 is 5.97 Å². The van der Waals surface area contributed by atoms with Crippen LogP contribution in [0, 0.1) is 0 Å². The molecular formula is C22H18ClN3O3S. The molecule has 0 atom stereocenters. The van der Waals surface area contributed by atoms with Crippen LogP contribution in [0.1, 0.15) is 15.9 Å². The van der Waals surface area contributed by atoms with E-state index in [2.05, 4.69) is 15.8 Å². The topological polar surface area (TPSA) is 83.0 Å². The molecule has 0 aliphatic rings. The van der Waals surface area contributed by atoms with E-state index in [1.165, 1.54) is 12.1 Å². The first-order chi connectivity index (χ1) is 14.5. The molecule has 3 rings (SSSR count). The van der Waals surface area contributed by atoms with Crippen LogP contribution < -0.4 is 15.5 Å². The highest BCUT2D eigenvalue weighted by Crippen LogP contribution is 2.33. The van der Waals surface area contributed by atoms with E-state index in [4.69, 9.17) is 33.7 Å². The number of aromatic carboxylic acids is 1. The van der Waals surface area contributed by atoms with Gasteiger partial charge in [0.1, 0.15) is 5.75 Å². The smallest absolute Gasteiger partial charge is 0.335 e. The van der Waals surface area contributed by atoms with Crippen molar-refractivity contribution in [1.29, 1.82) is 0 Å². The van der Waals surface area contributed by atoms with E-state index >= 15 is 0 Å². The molecule has 0 amide bonds. The Morgan fingerprint density at radius 1 is 1.13 bits per heavy atom. The number of rotatable bonds is 6. The Hall–Kier alpha value is -3.42. The van der Waals surface area contributed by atoms with Crippen LogP contribution in [-0.4, -0.2) is 29.5 Å². The van der Waals surface area contributed by atoms with Gasteiger partial charge in [0, 0.05) is 21.8 Å². The molecule has 152 valence electrons. The minimum Gasteiger partial charge on any atom is -0.495 e. The van der Waals surface area contributed by atoms with Crippen molar-refractivity contribution in [2.45, 2.75) is 0 Å². The van der Waals surface area contributed by atoms with Gasteiger partial charge in [-0.3, -0.25) is 5.43 Å². The first-order valence-corrected chi connectivity index (χ1v) is 9.63. The van der Waals surface area contributed by atoms with E-state index in [0.717, 1.165) is 16.7 Å². The molecule has 3 aromatic rings. The zero-order valence-electron chi connectivity index (χ0n) is 15.9. The summed E-state index contributed by atoms with van der Waals surface area (Å²) in [5.74, 6) is -0.361. The molecule has 3 N–H and O–H groups in total. The summed E-state index contributed by atoms with van der Waals surface area (Å²) in [4.78, 5) is 11.1. The molecule has 0 aliphatic carbocycles. The van der Waals surface area contributed by atoms with E-state index < -0.39 is 5.97 Å². The fourth-order valence-corrected chi connectivity index (χ4v) is 3.18. The Kier molecular flexibility index (Phi) is 7.00. The van der Waals surface area contributed by atoms with Gasteiger partial charge < -0.3 is 15.2 Å². The fraction of sp³-hybridized carbons (Fsp3) is 0.0455. The highest BCUT2D eigenvalue weighted by molar-refractivity contribution is 7.80.